The summed E-state index contributed by atoms with van der Waals surface area (Å²) in [6.07, 6.45) is 7.72. The highest BCUT2D eigenvalue weighted by atomic mass is 32.1. The van der Waals surface area contributed by atoms with Crippen LogP contribution in [0.3, 0.4) is 0 Å². The van der Waals surface area contributed by atoms with Gasteiger partial charge < -0.3 is 4.57 Å². The van der Waals surface area contributed by atoms with E-state index in [1.165, 1.54) is 4.88 Å². The van der Waals surface area contributed by atoms with E-state index in [-0.39, 0.29) is 5.78 Å². The summed E-state index contributed by atoms with van der Waals surface area (Å²) in [5.74, 6) is 0.556. The van der Waals surface area contributed by atoms with E-state index in [9.17, 15) is 4.79 Å². The number of hydrogen-bond donors (Lipinski definition) is 0. The Bertz CT molecular complexity index is 789. The summed E-state index contributed by atoms with van der Waals surface area (Å²) in [6.45, 7) is 4.95. The van der Waals surface area contributed by atoms with E-state index < -0.39 is 0 Å². The number of ketones is 1. The van der Waals surface area contributed by atoms with Gasteiger partial charge in [-0.25, -0.2) is 4.98 Å². The van der Waals surface area contributed by atoms with Gasteiger partial charge in [0.25, 0.3) is 0 Å². The average Bonchev–Trinajstić information content (AvgIpc) is 3.17. The third kappa shape index (κ3) is 3.74. The quantitative estimate of drug-likeness (QED) is 0.645. The lowest BCUT2D eigenvalue weighted by Gasteiger charge is -2.08. The Balaban J connectivity index is 1.74. The molecule has 0 aliphatic heterocycles. The molecule has 0 saturated carbocycles. The van der Waals surface area contributed by atoms with Crippen LogP contribution in [0.15, 0.2) is 49.1 Å². The molecule has 3 aromatic heterocycles. The monoisotopic (exact) mass is 325 g/mol. The van der Waals surface area contributed by atoms with E-state index in [0.717, 1.165) is 16.3 Å². The predicted molar refractivity (Wildman–Crippen MR) is 92.0 cm³/mol. The van der Waals surface area contributed by atoms with Gasteiger partial charge in [-0.1, -0.05) is 13.8 Å². The minimum Gasteiger partial charge on any atom is -0.341 e. The van der Waals surface area contributed by atoms with Crippen molar-refractivity contribution < 1.29 is 4.79 Å². The molecule has 3 rings (SSSR count). The van der Waals surface area contributed by atoms with Crippen molar-refractivity contribution in [3.05, 3.63) is 70.2 Å². The summed E-state index contributed by atoms with van der Waals surface area (Å²) >= 11 is 1.63. The van der Waals surface area contributed by atoms with Crippen LogP contribution in [0, 0.1) is 0 Å². The summed E-state index contributed by atoms with van der Waals surface area (Å²) in [4.78, 5) is 22.2. The molecule has 3 heterocycles. The minimum atomic E-state index is 0.105. The van der Waals surface area contributed by atoms with Crippen LogP contribution in [-0.4, -0.2) is 20.3 Å². The first-order chi connectivity index (χ1) is 11.1. The highest BCUT2D eigenvalue weighted by molar-refractivity contribution is 7.11. The molecule has 0 saturated heterocycles. The number of rotatable bonds is 6. The van der Waals surface area contributed by atoms with Gasteiger partial charge in [0.05, 0.1) is 12.1 Å². The smallest absolute Gasteiger partial charge is 0.186 e. The van der Waals surface area contributed by atoms with Gasteiger partial charge in [0.1, 0.15) is 5.01 Å². The van der Waals surface area contributed by atoms with Gasteiger partial charge in [0.2, 0.25) is 0 Å². The molecular weight excluding hydrogens is 306 g/mol. The fraction of sp³-hybridized carbons (Fsp3) is 0.278. The van der Waals surface area contributed by atoms with E-state index in [1.54, 1.807) is 23.7 Å². The third-order valence-corrected chi connectivity index (χ3v) is 4.97. The molecule has 0 aromatic carbocycles. The highest BCUT2D eigenvalue weighted by Crippen LogP contribution is 2.23. The molecule has 0 N–H and O–H groups in total. The second kappa shape index (κ2) is 6.87. The number of carbonyl (C=O) groups is 1. The lowest BCUT2D eigenvalue weighted by Crippen LogP contribution is -2.11. The molecule has 0 aliphatic rings. The van der Waals surface area contributed by atoms with Crippen LogP contribution < -0.4 is 0 Å². The largest absolute Gasteiger partial charge is 0.341 e. The second-order valence-electron chi connectivity index (χ2n) is 5.79. The van der Waals surface area contributed by atoms with Gasteiger partial charge in [-0.3, -0.25) is 9.78 Å². The molecule has 0 spiro atoms. The molecule has 3 aromatic rings. The Morgan fingerprint density at radius 3 is 2.74 bits per heavy atom. The summed E-state index contributed by atoms with van der Waals surface area (Å²) in [7, 11) is 0. The van der Waals surface area contributed by atoms with Crippen molar-refractivity contribution in [2.24, 2.45) is 0 Å². The molecule has 4 nitrogen and oxygen atoms in total. The van der Waals surface area contributed by atoms with Crippen molar-refractivity contribution in [1.82, 2.24) is 14.5 Å². The Morgan fingerprint density at radius 1 is 1.26 bits per heavy atom. The minimum absolute atomic E-state index is 0.105. The molecule has 0 amide bonds. The molecule has 0 fully saturated rings. The maximum absolute atomic E-state index is 12.6. The Labute approximate surface area is 139 Å². The SMILES string of the molecule is CC(C)c1cnc(CC(=O)c2cccn2Cc2ccncc2)s1. The third-order valence-electron chi connectivity index (χ3n) is 3.67. The molecule has 0 atom stereocenters. The van der Waals surface area contributed by atoms with E-state index in [4.69, 9.17) is 0 Å². The van der Waals surface area contributed by atoms with Gasteiger partial charge in [-0.05, 0) is 35.7 Å². The van der Waals surface area contributed by atoms with E-state index >= 15 is 0 Å². The number of aromatic nitrogens is 3. The van der Waals surface area contributed by atoms with Crippen molar-refractivity contribution in [2.75, 3.05) is 0 Å². The van der Waals surface area contributed by atoms with Crippen molar-refractivity contribution in [1.29, 1.82) is 0 Å². The first-order valence-corrected chi connectivity index (χ1v) is 8.47. The van der Waals surface area contributed by atoms with Crippen LogP contribution >= 0.6 is 11.3 Å². The van der Waals surface area contributed by atoms with Gasteiger partial charge in [-0.15, -0.1) is 11.3 Å². The van der Waals surface area contributed by atoms with Crippen molar-refractivity contribution >= 4 is 17.1 Å². The summed E-state index contributed by atoms with van der Waals surface area (Å²) in [6, 6.07) is 7.71. The molecule has 0 radical (unpaired) electrons. The zero-order valence-corrected chi connectivity index (χ0v) is 14.1. The summed E-state index contributed by atoms with van der Waals surface area (Å²) in [5, 5.41) is 0.885. The van der Waals surface area contributed by atoms with E-state index in [1.807, 2.05) is 41.2 Å². The van der Waals surface area contributed by atoms with Crippen LogP contribution in [0.2, 0.25) is 0 Å². The van der Waals surface area contributed by atoms with Crippen LogP contribution in [0.25, 0.3) is 0 Å². The zero-order valence-electron chi connectivity index (χ0n) is 13.3. The van der Waals surface area contributed by atoms with Crippen molar-refractivity contribution in [3.63, 3.8) is 0 Å². The summed E-state index contributed by atoms with van der Waals surface area (Å²) < 4.78 is 1.98. The molecule has 0 unspecified atom stereocenters. The van der Waals surface area contributed by atoms with Gasteiger partial charge in [-0.2, -0.15) is 0 Å². The lowest BCUT2D eigenvalue weighted by atomic mass is 10.2. The van der Waals surface area contributed by atoms with E-state index in [2.05, 4.69) is 23.8 Å². The number of thiazole rings is 1. The van der Waals surface area contributed by atoms with Crippen molar-refractivity contribution in [2.45, 2.75) is 32.7 Å². The number of hydrogen-bond acceptors (Lipinski definition) is 4. The molecular formula is C18H19N3OS. The Hall–Kier alpha value is -2.27. The number of carbonyl (C=O) groups excluding carboxylic acids is 1. The molecule has 0 bridgehead atoms. The topological polar surface area (TPSA) is 47.8 Å². The number of Topliss-reactive ketones (excluding diaryl/α,β-unsaturated/α-hetero) is 1. The Morgan fingerprint density at radius 2 is 2.04 bits per heavy atom. The summed E-state index contributed by atoms with van der Waals surface area (Å²) in [5.41, 5.74) is 1.85. The highest BCUT2D eigenvalue weighted by Gasteiger charge is 2.15. The van der Waals surface area contributed by atoms with Crippen LogP contribution in [0.1, 0.15) is 45.7 Å². The maximum Gasteiger partial charge on any atom is 0.186 e. The van der Waals surface area contributed by atoms with Crippen molar-refractivity contribution in [3.8, 4) is 0 Å². The van der Waals surface area contributed by atoms with Gasteiger partial charge >= 0.3 is 0 Å². The first-order valence-electron chi connectivity index (χ1n) is 7.65. The van der Waals surface area contributed by atoms with Crippen LogP contribution in [-0.2, 0) is 13.0 Å². The zero-order chi connectivity index (χ0) is 16.2. The van der Waals surface area contributed by atoms with E-state index in [0.29, 0.717) is 18.9 Å². The Kier molecular flexibility index (Phi) is 4.67. The standard InChI is InChI=1S/C18H19N3OS/c1-13(2)17-11-20-18(23-17)10-16(22)15-4-3-9-21(15)12-14-5-7-19-8-6-14/h3-9,11,13H,10,12H2,1-2H3. The maximum atomic E-state index is 12.6. The molecule has 118 valence electrons. The van der Waals surface area contributed by atoms with Gasteiger partial charge in [0, 0.05) is 36.2 Å². The first kappa shape index (κ1) is 15.6. The fourth-order valence-corrected chi connectivity index (χ4v) is 3.31. The molecule has 0 aliphatic carbocycles. The molecule has 5 heteroatoms. The van der Waals surface area contributed by atoms with Crippen LogP contribution in [0.5, 0.6) is 0 Å². The lowest BCUT2D eigenvalue weighted by molar-refractivity contribution is 0.0984. The number of pyridine rings is 1. The number of nitrogens with zero attached hydrogens (tertiary/aromatic N) is 3. The molecule has 23 heavy (non-hydrogen) atoms. The van der Waals surface area contributed by atoms with Crippen LogP contribution in [0.4, 0.5) is 0 Å². The fourth-order valence-electron chi connectivity index (χ4n) is 2.39. The normalized spacial score (nSPS) is 11.1. The van der Waals surface area contributed by atoms with Gasteiger partial charge in [0.15, 0.2) is 5.78 Å². The predicted octanol–water partition coefficient (Wildman–Crippen LogP) is 3.94. The average molecular weight is 325 g/mol. The second-order valence-corrected chi connectivity index (χ2v) is 6.93.